The van der Waals surface area contributed by atoms with Crippen LogP contribution in [-0.4, -0.2) is 24.1 Å². The third kappa shape index (κ3) is 4.80. The highest BCUT2D eigenvalue weighted by Gasteiger charge is 2.09. The van der Waals surface area contributed by atoms with E-state index in [0.717, 1.165) is 6.42 Å². The molecule has 100 valence electrons. The molecule has 0 radical (unpaired) electrons. The molecule has 7 heteroatoms. The number of hydrogen-bond donors (Lipinski definition) is 3. The molecule has 4 N–H and O–H groups in total. The summed E-state index contributed by atoms with van der Waals surface area (Å²) in [5.74, 6) is 6.25. The van der Waals surface area contributed by atoms with Crippen LogP contribution in [0.25, 0.3) is 0 Å². The first kappa shape index (κ1) is 14.6. The highest BCUT2D eigenvalue weighted by atomic mass is 32.2. The number of nitrogen functional groups attached to an aromatic ring is 1. The second-order valence-electron chi connectivity index (χ2n) is 3.58. The van der Waals surface area contributed by atoms with Gasteiger partial charge in [0.05, 0.1) is 11.5 Å². The van der Waals surface area contributed by atoms with E-state index in [1.807, 2.05) is 12.3 Å². The average Bonchev–Trinajstić information content (AvgIpc) is 2.84. The van der Waals surface area contributed by atoms with Gasteiger partial charge in [-0.05, 0) is 18.6 Å². The maximum Gasteiger partial charge on any atom is 0.300 e. The molecule has 0 aromatic carbocycles. The largest absolute Gasteiger partial charge is 0.455 e. The Kier molecular flexibility index (Phi) is 6.31. The SMILES string of the molecule is CCCNC(=O)CSCc1ccc(C(=O)NN)o1. The lowest BCUT2D eigenvalue weighted by Gasteiger charge is -2.02. The average molecular weight is 271 g/mol. The summed E-state index contributed by atoms with van der Waals surface area (Å²) < 4.78 is 5.25. The van der Waals surface area contributed by atoms with E-state index >= 15 is 0 Å². The van der Waals surface area contributed by atoms with Gasteiger partial charge in [0.1, 0.15) is 5.76 Å². The van der Waals surface area contributed by atoms with Gasteiger partial charge in [0.15, 0.2) is 5.76 Å². The summed E-state index contributed by atoms with van der Waals surface area (Å²) in [6, 6.07) is 3.25. The summed E-state index contributed by atoms with van der Waals surface area (Å²) in [5.41, 5.74) is 1.99. The zero-order valence-electron chi connectivity index (χ0n) is 10.2. The van der Waals surface area contributed by atoms with Gasteiger partial charge in [-0.3, -0.25) is 15.0 Å². The fourth-order valence-corrected chi connectivity index (χ4v) is 1.95. The van der Waals surface area contributed by atoms with E-state index in [2.05, 4.69) is 5.32 Å². The number of thioether (sulfide) groups is 1. The first-order valence-electron chi connectivity index (χ1n) is 5.61. The Morgan fingerprint density at radius 1 is 1.44 bits per heavy atom. The predicted octanol–water partition coefficient (Wildman–Crippen LogP) is 0.643. The summed E-state index contributed by atoms with van der Waals surface area (Å²) in [4.78, 5) is 22.4. The van der Waals surface area contributed by atoms with Gasteiger partial charge in [-0.1, -0.05) is 6.92 Å². The quantitative estimate of drug-likeness (QED) is 0.384. The van der Waals surface area contributed by atoms with Crippen LogP contribution in [0.15, 0.2) is 16.5 Å². The fourth-order valence-electron chi connectivity index (χ4n) is 1.21. The number of hydrogen-bond acceptors (Lipinski definition) is 5. The Bertz CT molecular complexity index is 406. The van der Waals surface area contributed by atoms with Gasteiger partial charge in [0.25, 0.3) is 0 Å². The Labute approximate surface area is 110 Å². The van der Waals surface area contributed by atoms with Crippen LogP contribution in [0.2, 0.25) is 0 Å². The van der Waals surface area contributed by atoms with E-state index in [1.54, 1.807) is 12.1 Å². The van der Waals surface area contributed by atoms with Crippen molar-refractivity contribution < 1.29 is 14.0 Å². The molecule has 0 aliphatic carbocycles. The molecule has 0 spiro atoms. The molecule has 0 unspecified atom stereocenters. The van der Waals surface area contributed by atoms with Gasteiger partial charge in [-0.25, -0.2) is 5.84 Å². The van der Waals surface area contributed by atoms with Gasteiger partial charge in [0.2, 0.25) is 5.91 Å². The van der Waals surface area contributed by atoms with Crippen molar-refractivity contribution >= 4 is 23.6 Å². The molecule has 18 heavy (non-hydrogen) atoms. The van der Waals surface area contributed by atoms with Crippen LogP contribution in [-0.2, 0) is 10.5 Å². The molecule has 1 rings (SSSR count). The maximum atomic E-state index is 11.3. The highest BCUT2D eigenvalue weighted by molar-refractivity contribution is 7.99. The van der Waals surface area contributed by atoms with Gasteiger partial charge in [-0.2, -0.15) is 0 Å². The zero-order valence-corrected chi connectivity index (χ0v) is 11.0. The monoisotopic (exact) mass is 271 g/mol. The number of rotatable bonds is 7. The van der Waals surface area contributed by atoms with E-state index in [1.165, 1.54) is 11.8 Å². The van der Waals surface area contributed by atoms with Crippen molar-refractivity contribution in [3.63, 3.8) is 0 Å². The maximum absolute atomic E-state index is 11.3. The normalized spacial score (nSPS) is 10.1. The van der Waals surface area contributed by atoms with Crippen LogP contribution in [0, 0.1) is 0 Å². The lowest BCUT2D eigenvalue weighted by Crippen LogP contribution is -2.29. The topological polar surface area (TPSA) is 97.4 Å². The summed E-state index contributed by atoms with van der Waals surface area (Å²) in [6.45, 7) is 2.70. The molecule has 0 fully saturated rings. The van der Waals surface area contributed by atoms with E-state index in [9.17, 15) is 9.59 Å². The van der Waals surface area contributed by atoms with Crippen LogP contribution in [0.4, 0.5) is 0 Å². The number of furan rings is 1. The van der Waals surface area contributed by atoms with Crippen LogP contribution < -0.4 is 16.6 Å². The molecule has 1 aromatic heterocycles. The lowest BCUT2D eigenvalue weighted by molar-refractivity contribution is -0.118. The molecular weight excluding hydrogens is 254 g/mol. The molecule has 1 aromatic rings. The fraction of sp³-hybridized carbons (Fsp3) is 0.455. The van der Waals surface area contributed by atoms with Gasteiger partial charge in [-0.15, -0.1) is 11.8 Å². The van der Waals surface area contributed by atoms with E-state index < -0.39 is 5.91 Å². The molecule has 0 atom stereocenters. The zero-order chi connectivity index (χ0) is 13.4. The minimum absolute atomic E-state index is 0.00771. The second kappa shape index (κ2) is 7.78. The van der Waals surface area contributed by atoms with Crippen molar-refractivity contribution in [2.45, 2.75) is 19.1 Å². The van der Waals surface area contributed by atoms with Gasteiger partial charge in [0, 0.05) is 6.54 Å². The summed E-state index contributed by atoms with van der Waals surface area (Å²) in [7, 11) is 0. The Balaban J connectivity index is 2.29. The van der Waals surface area contributed by atoms with E-state index in [0.29, 0.717) is 23.8 Å². The van der Waals surface area contributed by atoms with Crippen LogP contribution >= 0.6 is 11.8 Å². The van der Waals surface area contributed by atoms with Crippen molar-refractivity contribution in [2.75, 3.05) is 12.3 Å². The molecule has 0 saturated heterocycles. The minimum Gasteiger partial charge on any atom is -0.455 e. The number of nitrogens with one attached hydrogen (secondary N) is 2. The molecular formula is C11H17N3O3S. The van der Waals surface area contributed by atoms with Crippen molar-refractivity contribution in [2.24, 2.45) is 5.84 Å². The summed E-state index contributed by atoms with van der Waals surface area (Å²) >= 11 is 1.43. The van der Waals surface area contributed by atoms with Gasteiger partial charge >= 0.3 is 5.91 Å². The van der Waals surface area contributed by atoms with Crippen LogP contribution in [0.5, 0.6) is 0 Å². The summed E-state index contributed by atoms with van der Waals surface area (Å²) in [5, 5.41) is 2.78. The standard InChI is InChI=1S/C11H17N3O3S/c1-2-5-13-10(15)7-18-6-8-3-4-9(17-8)11(16)14-12/h3-4H,2,5-7,12H2,1H3,(H,13,15)(H,14,16). The third-order valence-electron chi connectivity index (χ3n) is 2.07. The molecule has 0 aliphatic rings. The molecule has 0 saturated carbocycles. The predicted molar refractivity (Wildman–Crippen MR) is 69.8 cm³/mol. The van der Waals surface area contributed by atoms with Crippen molar-refractivity contribution in [1.82, 2.24) is 10.7 Å². The molecule has 1 heterocycles. The molecule has 0 aliphatic heterocycles. The van der Waals surface area contributed by atoms with Crippen molar-refractivity contribution in [3.8, 4) is 0 Å². The molecule has 6 nitrogen and oxygen atoms in total. The van der Waals surface area contributed by atoms with Gasteiger partial charge < -0.3 is 9.73 Å². The first-order chi connectivity index (χ1) is 8.67. The van der Waals surface area contributed by atoms with Crippen LogP contribution in [0.3, 0.4) is 0 Å². The number of carbonyl (C=O) groups is 2. The number of carbonyl (C=O) groups excluding carboxylic acids is 2. The third-order valence-corrected chi connectivity index (χ3v) is 3.02. The highest BCUT2D eigenvalue weighted by Crippen LogP contribution is 2.15. The van der Waals surface area contributed by atoms with Crippen molar-refractivity contribution in [3.05, 3.63) is 23.7 Å². The number of amides is 2. The Morgan fingerprint density at radius 3 is 2.89 bits per heavy atom. The Morgan fingerprint density at radius 2 is 2.22 bits per heavy atom. The summed E-state index contributed by atoms with van der Waals surface area (Å²) in [6.07, 6.45) is 0.923. The van der Waals surface area contributed by atoms with Crippen LogP contribution in [0.1, 0.15) is 29.7 Å². The first-order valence-corrected chi connectivity index (χ1v) is 6.77. The number of nitrogens with two attached hydrogens (primary N) is 1. The Hall–Kier alpha value is -1.47. The second-order valence-corrected chi connectivity index (χ2v) is 4.57. The van der Waals surface area contributed by atoms with E-state index in [4.69, 9.17) is 10.3 Å². The van der Waals surface area contributed by atoms with E-state index in [-0.39, 0.29) is 11.7 Å². The smallest absolute Gasteiger partial charge is 0.300 e. The lowest BCUT2D eigenvalue weighted by atomic mass is 10.4. The minimum atomic E-state index is -0.466. The molecule has 2 amide bonds. The van der Waals surface area contributed by atoms with Crippen molar-refractivity contribution in [1.29, 1.82) is 0 Å². The number of hydrazine groups is 1. The molecule has 0 bridgehead atoms.